The Morgan fingerprint density at radius 2 is 1.83 bits per heavy atom. The number of aryl methyl sites for hydroxylation is 3. The maximum atomic E-state index is 5.72. The number of rotatable bonds is 3. The summed E-state index contributed by atoms with van der Waals surface area (Å²) >= 11 is 0. The van der Waals surface area contributed by atoms with E-state index >= 15 is 0 Å². The van der Waals surface area contributed by atoms with Crippen molar-refractivity contribution in [2.45, 2.75) is 33.6 Å². The van der Waals surface area contributed by atoms with Gasteiger partial charge in [0.15, 0.2) is 11.6 Å². The van der Waals surface area contributed by atoms with Crippen LogP contribution in [0.15, 0.2) is 16.7 Å². The third-order valence-electron chi connectivity index (χ3n) is 3.24. The summed E-state index contributed by atoms with van der Waals surface area (Å²) in [5.74, 6) is 1.67. The van der Waals surface area contributed by atoms with Crippen molar-refractivity contribution in [3.05, 3.63) is 34.8 Å². The smallest absolute Gasteiger partial charge is 0.196 e. The lowest BCUT2D eigenvalue weighted by Gasteiger charge is -2.15. The molecule has 0 amide bonds. The minimum Gasteiger partial charge on any atom is -0.461 e. The standard InChI is InChI=1S/C14H19N3O/c1-8-5-6-18-13(8)14-16-10(3)12(9(2)7-15)11(4)17-14/h5-6,9H,7,15H2,1-4H3. The van der Waals surface area contributed by atoms with Gasteiger partial charge in [-0.1, -0.05) is 6.92 Å². The molecule has 0 saturated heterocycles. The van der Waals surface area contributed by atoms with E-state index in [1.54, 1.807) is 6.26 Å². The number of furan rings is 1. The van der Waals surface area contributed by atoms with Gasteiger partial charge in [-0.15, -0.1) is 0 Å². The van der Waals surface area contributed by atoms with Gasteiger partial charge in [0.25, 0.3) is 0 Å². The molecule has 1 atom stereocenters. The first-order valence-electron chi connectivity index (χ1n) is 6.14. The van der Waals surface area contributed by atoms with Crippen LogP contribution in [0.5, 0.6) is 0 Å². The van der Waals surface area contributed by atoms with E-state index in [9.17, 15) is 0 Å². The van der Waals surface area contributed by atoms with Crippen molar-refractivity contribution in [1.29, 1.82) is 0 Å². The normalized spacial score (nSPS) is 12.7. The molecule has 0 bridgehead atoms. The van der Waals surface area contributed by atoms with E-state index in [0.29, 0.717) is 12.4 Å². The Bertz CT molecular complexity index is 537. The molecule has 96 valence electrons. The Kier molecular flexibility index (Phi) is 3.48. The molecule has 4 heteroatoms. The van der Waals surface area contributed by atoms with E-state index in [4.69, 9.17) is 10.2 Å². The molecule has 2 aromatic heterocycles. The van der Waals surface area contributed by atoms with Crippen LogP contribution in [0, 0.1) is 20.8 Å². The van der Waals surface area contributed by atoms with E-state index in [2.05, 4.69) is 16.9 Å². The van der Waals surface area contributed by atoms with Crippen LogP contribution in [0.4, 0.5) is 0 Å². The van der Waals surface area contributed by atoms with Gasteiger partial charge in [-0.25, -0.2) is 9.97 Å². The molecule has 0 aliphatic carbocycles. The second kappa shape index (κ2) is 4.90. The zero-order valence-corrected chi connectivity index (χ0v) is 11.3. The molecule has 0 radical (unpaired) electrons. The molecule has 4 nitrogen and oxygen atoms in total. The number of nitrogens with two attached hydrogens (primary N) is 1. The maximum absolute atomic E-state index is 5.72. The monoisotopic (exact) mass is 245 g/mol. The van der Waals surface area contributed by atoms with Gasteiger partial charge >= 0.3 is 0 Å². The zero-order chi connectivity index (χ0) is 13.3. The first-order valence-corrected chi connectivity index (χ1v) is 6.14. The van der Waals surface area contributed by atoms with Crippen LogP contribution in [0.1, 0.15) is 35.4 Å². The van der Waals surface area contributed by atoms with Gasteiger partial charge in [-0.05, 0) is 50.4 Å². The maximum Gasteiger partial charge on any atom is 0.196 e. The van der Waals surface area contributed by atoms with E-state index in [1.165, 1.54) is 0 Å². The summed E-state index contributed by atoms with van der Waals surface area (Å²) in [4.78, 5) is 9.09. The molecule has 2 N–H and O–H groups in total. The second-order valence-electron chi connectivity index (χ2n) is 4.70. The van der Waals surface area contributed by atoms with Gasteiger partial charge < -0.3 is 10.2 Å². The van der Waals surface area contributed by atoms with Crippen molar-refractivity contribution in [3.63, 3.8) is 0 Å². The first-order chi connectivity index (χ1) is 8.54. The average molecular weight is 245 g/mol. The molecule has 2 aromatic rings. The highest BCUT2D eigenvalue weighted by atomic mass is 16.3. The molecule has 18 heavy (non-hydrogen) atoms. The zero-order valence-electron chi connectivity index (χ0n) is 11.3. The lowest BCUT2D eigenvalue weighted by atomic mass is 9.98. The van der Waals surface area contributed by atoms with Crippen molar-refractivity contribution in [2.24, 2.45) is 5.73 Å². The van der Waals surface area contributed by atoms with Crippen LogP contribution in [0.25, 0.3) is 11.6 Å². The molecular weight excluding hydrogens is 226 g/mol. The van der Waals surface area contributed by atoms with Gasteiger partial charge in [0.2, 0.25) is 0 Å². The SMILES string of the molecule is Cc1ccoc1-c1nc(C)c(C(C)CN)c(C)n1. The topological polar surface area (TPSA) is 64.9 Å². The van der Waals surface area contributed by atoms with Gasteiger partial charge in [0, 0.05) is 11.4 Å². The molecule has 2 heterocycles. The Hall–Kier alpha value is -1.68. The van der Waals surface area contributed by atoms with Crippen LogP contribution < -0.4 is 5.73 Å². The molecular formula is C14H19N3O. The highest BCUT2D eigenvalue weighted by Gasteiger charge is 2.16. The fourth-order valence-corrected chi connectivity index (χ4v) is 2.26. The highest BCUT2D eigenvalue weighted by Crippen LogP contribution is 2.26. The number of aromatic nitrogens is 2. The summed E-state index contributed by atoms with van der Waals surface area (Å²) in [6.07, 6.45) is 1.66. The third-order valence-corrected chi connectivity index (χ3v) is 3.24. The van der Waals surface area contributed by atoms with E-state index in [1.807, 2.05) is 26.8 Å². The van der Waals surface area contributed by atoms with Crippen LogP contribution in [0.3, 0.4) is 0 Å². The van der Waals surface area contributed by atoms with Crippen molar-refractivity contribution >= 4 is 0 Å². The molecule has 0 aliphatic rings. The minimum atomic E-state index is 0.275. The summed E-state index contributed by atoms with van der Waals surface area (Å²) in [5, 5.41) is 0. The van der Waals surface area contributed by atoms with Crippen LogP contribution in [0.2, 0.25) is 0 Å². The number of nitrogens with zero attached hydrogens (tertiary/aromatic N) is 2. The van der Waals surface area contributed by atoms with Crippen LogP contribution >= 0.6 is 0 Å². The molecule has 0 fully saturated rings. The summed E-state index contributed by atoms with van der Waals surface area (Å²) < 4.78 is 5.44. The molecule has 0 spiro atoms. The van der Waals surface area contributed by atoms with Crippen molar-refractivity contribution in [1.82, 2.24) is 9.97 Å². The number of hydrogen-bond acceptors (Lipinski definition) is 4. The van der Waals surface area contributed by atoms with Gasteiger partial charge in [0.05, 0.1) is 6.26 Å². The first kappa shape index (κ1) is 12.8. The second-order valence-corrected chi connectivity index (χ2v) is 4.70. The summed E-state index contributed by atoms with van der Waals surface area (Å²) in [6.45, 7) is 8.68. The van der Waals surface area contributed by atoms with E-state index < -0.39 is 0 Å². The lowest BCUT2D eigenvalue weighted by Crippen LogP contribution is -2.14. The fourth-order valence-electron chi connectivity index (χ4n) is 2.26. The van der Waals surface area contributed by atoms with Gasteiger partial charge in [-0.3, -0.25) is 0 Å². The van der Waals surface area contributed by atoms with Gasteiger partial charge in [0.1, 0.15) is 0 Å². The minimum absolute atomic E-state index is 0.275. The molecule has 1 unspecified atom stereocenters. The van der Waals surface area contributed by atoms with Crippen molar-refractivity contribution in [3.8, 4) is 11.6 Å². The Morgan fingerprint density at radius 3 is 2.28 bits per heavy atom. The molecule has 0 aromatic carbocycles. The Balaban J connectivity index is 2.52. The van der Waals surface area contributed by atoms with Crippen molar-refractivity contribution < 1.29 is 4.42 Å². The van der Waals surface area contributed by atoms with E-state index in [-0.39, 0.29) is 5.92 Å². The van der Waals surface area contributed by atoms with E-state index in [0.717, 1.165) is 28.3 Å². The van der Waals surface area contributed by atoms with Crippen molar-refractivity contribution in [2.75, 3.05) is 6.54 Å². The molecule has 0 aliphatic heterocycles. The molecule has 2 rings (SSSR count). The fraction of sp³-hybridized carbons (Fsp3) is 0.429. The van der Waals surface area contributed by atoms with Crippen LogP contribution in [-0.2, 0) is 0 Å². The average Bonchev–Trinajstić information content (AvgIpc) is 2.74. The third kappa shape index (κ3) is 2.16. The summed E-state index contributed by atoms with van der Waals surface area (Å²) in [6, 6.07) is 1.92. The highest BCUT2D eigenvalue weighted by molar-refractivity contribution is 5.53. The summed E-state index contributed by atoms with van der Waals surface area (Å²) in [5.41, 5.74) is 9.87. The Labute approximate surface area is 107 Å². The molecule has 0 saturated carbocycles. The predicted octanol–water partition coefficient (Wildman–Crippen LogP) is 2.72. The van der Waals surface area contributed by atoms with Crippen LogP contribution in [-0.4, -0.2) is 16.5 Å². The predicted molar refractivity (Wildman–Crippen MR) is 71.4 cm³/mol. The number of hydrogen-bond donors (Lipinski definition) is 1. The quantitative estimate of drug-likeness (QED) is 0.903. The Morgan fingerprint density at radius 1 is 1.22 bits per heavy atom. The summed E-state index contributed by atoms with van der Waals surface area (Å²) in [7, 11) is 0. The van der Waals surface area contributed by atoms with Gasteiger partial charge in [-0.2, -0.15) is 0 Å². The largest absolute Gasteiger partial charge is 0.461 e. The lowest BCUT2D eigenvalue weighted by molar-refractivity contribution is 0.574.